The number of pyridine rings is 9. The van der Waals surface area contributed by atoms with Crippen LogP contribution in [-0.2, 0) is 11.9 Å². The number of carbonyl (C=O) groups is 1. The number of aliphatic hydroxyl groups excluding tert-OH is 1. The lowest BCUT2D eigenvalue weighted by molar-refractivity contribution is 0.111. The van der Waals surface area contributed by atoms with Crippen molar-refractivity contribution in [3.05, 3.63) is 196 Å². The topological polar surface area (TPSA) is 179 Å². The van der Waals surface area contributed by atoms with Crippen molar-refractivity contribution >= 4 is 83.2 Å². The molecular weight excluding hydrogens is 1200 g/mol. The molecule has 0 fully saturated rings. The summed E-state index contributed by atoms with van der Waals surface area (Å²) in [7, 11) is 21.3. The smallest absolute Gasteiger partial charge is 0.213 e. The lowest BCUT2D eigenvalue weighted by atomic mass is 10.2. The number of aldehydes is 1. The van der Waals surface area contributed by atoms with E-state index in [1.807, 2.05) is 241 Å². The fraction of sp³-hybridized carbons (Fsp3) is 0.233. The van der Waals surface area contributed by atoms with Crippen LogP contribution in [0.3, 0.4) is 0 Å². The van der Waals surface area contributed by atoms with Gasteiger partial charge in [-0.3, -0.25) is 9.78 Å². The van der Waals surface area contributed by atoms with Gasteiger partial charge in [-0.25, -0.2) is 39.9 Å². The van der Waals surface area contributed by atoms with E-state index in [0.717, 1.165) is 84.6 Å². The lowest BCUT2D eigenvalue weighted by Crippen LogP contribution is -2.10. The number of aliphatic hydroxyl groups is 1. The minimum absolute atomic E-state index is 0.0544. The second kappa shape index (κ2) is 34.3. The molecule has 0 unspecified atom stereocenters. The van der Waals surface area contributed by atoms with Crippen molar-refractivity contribution in [2.24, 2.45) is 0 Å². The molecule has 0 bridgehead atoms. The summed E-state index contributed by atoms with van der Waals surface area (Å²) in [4.78, 5) is 59.1. The first-order valence-corrected chi connectivity index (χ1v) is 27.6. The Kier molecular flexibility index (Phi) is 27.7. The molecule has 0 aliphatic rings. The summed E-state index contributed by atoms with van der Waals surface area (Å²) >= 11 is 9.84. The number of hydrogen-bond acceptors (Lipinski definition) is 17. The van der Waals surface area contributed by atoms with E-state index in [1.54, 1.807) is 31.4 Å². The van der Waals surface area contributed by atoms with Gasteiger partial charge in [0, 0.05) is 87.6 Å². The maximum atomic E-state index is 10.1. The number of hydrogen-bond donors (Lipinski definition) is 1. The molecule has 0 amide bonds. The Labute approximate surface area is 496 Å². The molecule has 0 saturated carbocycles. The summed E-state index contributed by atoms with van der Waals surface area (Å²) in [5, 5.41) is 9.82. The van der Waals surface area contributed by atoms with E-state index in [4.69, 9.17) is 9.84 Å². The Balaban J connectivity index is 0.000000211. The maximum Gasteiger partial charge on any atom is 0.213 e. The van der Waals surface area contributed by atoms with Gasteiger partial charge in [0.2, 0.25) is 5.88 Å². The Hall–Kier alpha value is -7.78. The molecule has 9 aromatic heterocycles. The van der Waals surface area contributed by atoms with Crippen LogP contribution in [0.2, 0.25) is 0 Å². The predicted molar refractivity (Wildman–Crippen MR) is 337 cm³/mol. The minimum Gasteiger partial charge on any atom is -0.481 e. The van der Waals surface area contributed by atoms with Crippen molar-refractivity contribution in [1.82, 2.24) is 44.9 Å². The van der Waals surface area contributed by atoms with Crippen molar-refractivity contribution in [2.75, 3.05) is 102 Å². The largest absolute Gasteiger partial charge is 0.481 e. The second-order valence-electron chi connectivity index (χ2n) is 18.0. The first-order chi connectivity index (χ1) is 38.3. The number of methoxy groups -OCH3 is 1. The van der Waals surface area contributed by atoms with Crippen LogP contribution in [0, 0.1) is 6.92 Å². The zero-order chi connectivity index (χ0) is 58.6. The number of anilines is 5. The van der Waals surface area contributed by atoms with Gasteiger partial charge in [0.05, 0.1) is 59.3 Å². The Bertz CT molecular complexity index is 3020. The van der Waals surface area contributed by atoms with E-state index in [0.29, 0.717) is 28.2 Å². The standard InChI is InChI=1S/C13H14BrN3.2C13H15N3O.C8H12N2.C7H9BrN2.C6H4BrNO/c1-17(2)13-8-4-7-12(16-13)11-6-3-5-10(9-14)15-11;1-16(2)12-8-4-6-10(14-12)11-7-5-9-13(15-11)17-3;1-16(2)13-8-4-7-12(15-13)11-6-3-5-10(9-17)14-11;1-7-5-4-6-8(9-7)10(2)3;1-10(2)7-5-3-4-6(8)9-7;7-6-3-1-2-5(4-9)8-6/h3-8H,9H2,1-2H3;4-9H,1-3H3;3-8,17H,9H2,1-2H3;4-6H,1-3H3;3-5H,1-2H3;1-4H. The van der Waals surface area contributed by atoms with E-state index in [2.05, 4.69) is 92.6 Å². The molecule has 418 valence electrons. The van der Waals surface area contributed by atoms with E-state index in [1.165, 1.54) is 0 Å². The van der Waals surface area contributed by atoms with E-state index >= 15 is 0 Å². The third kappa shape index (κ3) is 22.5. The van der Waals surface area contributed by atoms with Crippen LogP contribution in [0.4, 0.5) is 29.1 Å². The van der Waals surface area contributed by atoms with Crippen LogP contribution in [0.25, 0.3) is 34.2 Å². The van der Waals surface area contributed by atoms with Crippen LogP contribution in [0.5, 0.6) is 5.88 Å². The molecule has 0 spiro atoms. The molecule has 17 nitrogen and oxygen atoms in total. The van der Waals surface area contributed by atoms with E-state index in [9.17, 15) is 4.79 Å². The number of ether oxygens (including phenoxy) is 1. The highest BCUT2D eigenvalue weighted by Gasteiger charge is 2.08. The molecule has 0 aromatic carbocycles. The van der Waals surface area contributed by atoms with Gasteiger partial charge in [-0.1, -0.05) is 70.5 Å². The van der Waals surface area contributed by atoms with Crippen molar-refractivity contribution < 1.29 is 14.6 Å². The average molecular weight is 1270 g/mol. The molecule has 0 aliphatic heterocycles. The molecule has 9 rings (SSSR count). The number of halogens is 3. The molecule has 9 aromatic rings. The van der Waals surface area contributed by atoms with Crippen LogP contribution in [-0.4, -0.2) is 134 Å². The van der Waals surface area contributed by atoms with Gasteiger partial charge in [0.25, 0.3) is 0 Å². The fourth-order valence-corrected chi connectivity index (χ4v) is 7.44. The highest BCUT2D eigenvalue weighted by Crippen LogP contribution is 2.22. The number of alkyl halides is 1. The number of rotatable bonds is 12. The summed E-state index contributed by atoms with van der Waals surface area (Å²) < 4.78 is 6.67. The van der Waals surface area contributed by atoms with Crippen molar-refractivity contribution in [3.63, 3.8) is 0 Å². The molecule has 0 radical (unpaired) electrons. The Morgan fingerprint density at radius 3 is 1.10 bits per heavy atom. The van der Waals surface area contributed by atoms with Gasteiger partial charge in [-0.05, 0) is 142 Å². The van der Waals surface area contributed by atoms with Gasteiger partial charge in [0.1, 0.15) is 44.0 Å². The molecule has 0 saturated heterocycles. The first-order valence-electron chi connectivity index (χ1n) is 24.9. The molecule has 0 atom stereocenters. The number of nitrogens with zero attached hydrogens (tertiary/aromatic N) is 14. The van der Waals surface area contributed by atoms with Crippen molar-refractivity contribution in [1.29, 1.82) is 0 Å². The normalized spacial score (nSPS) is 9.90. The zero-order valence-corrected chi connectivity index (χ0v) is 52.0. The quantitative estimate of drug-likeness (QED) is 0.0693. The van der Waals surface area contributed by atoms with Crippen LogP contribution >= 0.6 is 47.8 Å². The average Bonchev–Trinajstić information content (AvgIpc) is 3.48. The van der Waals surface area contributed by atoms with E-state index < -0.39 is 0 Å². The minimum atomic E-state index is -0.0544. The molecule has 0 aliphatic carbocycles. The van der Waals surface area contributed by atoms with Gasteiger partial charge in [-0.2, -0.15) is 0 Å². The molecule has 9 heterocycles. The van der Waals surface area contributed by atoms with Crippen molar-refractivity contribution in [3.8, 4) is 40.0 Å². The van der Waals surface area contributed by atoms with Gasteiger partial charge in [0.15, 0.2) is 6.29 Å². The van der Waals surface area contributed by atoms with E-state index in [-0.39, 0.29) is 6.61 Å². The summed E-state index contributed by atoms with van der Waals surface area (Å²) in [6.45, 7) is 1.94. The summed E-state index contributed by atoms with van der Waals surface area (Å²) in [5.74, 6) is 5.31. The summed E-state index contributed by atoms with van der Waals surface area (Å²) in [6, 6.07) is 51.8. The van der Waals surface area contributed by atoms with Crippen molar-refractivity contribution in [2.45, 2.75) is 18.9 Å². The van der Waals surface area contributed by atoms with Gasteiger partial charge < -0.3 is 34.3 Å². The maximum absolute atomic E-state index is 10.1. The summed E-state index contributed by atoms with van der Waals surface area (Å²) in [5.41, 5.74) is 8.23. The second-order valence-corrected chi connectivity index (χ2v) is 20.1. The number of aryl methyl sites for hydroxylation is 1. The molecule has 20 heteroatoms. The van der Waals surface area contributed by atoms with Crippen LogP contribution in [0.15, 0.2) is 173 Å². The Morgan fingerprint density at radius 2 is 0.750 bits per heavy atom. The third-order valence-electron chi connectivity index (χ3n) is 10.6. The fourth-order valence-electron chi connectivity index (χ4n) is 6.44. The predicted octanol–water partition coefficient (Wildman–Crippen LogP) is 12.0. The first kappa shape index (κ1) is 64.7. The monoisotopic (exact) mass is 1270 g/mol. The zero-order valence-electron chi connectivity index (χ0n) is 47.2. The highest BCUT2D eigenvalue weighted by atomic mass is 79.9. The third-order valence-corrected chi connectivity index (χ3v) is 12.0. The van der Waals surface area contributed by atoms with Gasteiger partial charge in [-0.15, -0.1) is 0 Å². The summed E-state index contributed by atoms with van der Waals surface area (Å²) in [6.07, 6.45) is 0.713. The SMILES string of the molecule is CN(C)c1cccc(-c2cccc(CBr)n2)n1.CN(C)c1cccc(-c2cccc(CO)n2)n1.CN(C)c1cccc(Br)n1.COc1cccc(-c2cccc(N(C)C)n2)n1.Cc1cccc(N(C)C)n1.O=Cc1cccc(Br)n1. The van der Waals surface area contributed by atoms with Crippen LogP contribution in [0.1, 0.15) is 27.6 Å². The molecule has 80 heavy (non-hydrogen) atoms. The lowest BCUT2D eigenvalue weighted by Gasteiger charge is -2.12. The Morgan fingerprint density at radius 1 is 0.412 bits per heavy atom. The number of aromatic nitrogens is 9. The van der Waals surface area contributed by atoms with Crippen LogP contribution < -0.4 is 29.2 Å². The van der Waals surface area contributed by atoms with Gasteiger partial charge >= 0.3 is 0 Å². The molecular formula is C60H69Br3N14O3. The molecule has 1 N–H and O–H groups in total. The highest BCUT2D eigenvalue weighted by molar-refractivity contribution is 9.10. The number of carbonyl (C=O) groups excluding carboxylic acids is 1.